The molecule has 0 unspecified atom stereocenters. The Kier molecular flexibility index (Phi) is 8.25. The van der Waals surface area contributed by atoms with E-state index in [9.17, 15) is 14.0 Å². The van der Waals surface area contributed by atoms with Crippen molar-refractivity contribution in [3.63, 3.8) is 0 Å². The van der Waals surface area contributed by atoms with Gasteiger partial charge in [-0.3, -0.25) is 9.59 Å². The van der Waals surface area contributed by atoms with E-state index in [-0.39, 0.29) is 11.8 Å². The number of anilines is 2. The van der Waals surface area contributed by atoms with Gasteiger partial charge in [-0.2, -0.15) is 0 Å². The molecule has 42 heavy (non-hydrogen) atoms. The van der Waals surface area contributed by atoms with Crippen LogP contribution in [0, 0.1) is 6.92 Å². The lowest BCUT2D eigenvalue weighted by Crippen LogP contribution is -2.23. The summed E-state index contributed by atoms with van der Waals surface area (Å²) in [5, 5.41) is 6.84. The molecule has 8 nitrogen and oxygen atoms in total. The number of aryl methyl sites for hydroxylation is 1. The Labute approximate surface area is 247 Å². The van der Waals surface area contributed by atoms with Crippen molar-refractivity contribution in [1.82, 2.24) is 4.90 Å². The predicted octanol–water partition coefficient (Wildman–Crippen LogP) is 6.30. The van der Waals surface area contributed by atoms with Gasteiger partial charge in [-0.15, -0.1) is 11.3 Å². The van der Waals surface area contributed by atoms with Gasteiger partial charge in [-0.1, -0.05) is 6.07 Å². The third-order valence-electron chi connectivity index (χ3n) is 7.37. The molecule has 1 aromatic heterocycles. The van der Waals surface area contributed by atoms with Gasteiger partial charge in [0.05, 0.1) is 11.5 Å². The second-order valence-corrected chi connectivity index (χ2v) is 11.6. The molecule has 1 atom stereocenters. The number of hydrogen-bond acceptors (Lipinski definition) is 7. The number of hydrogen-bond donors (Lipinski definition) is 2. The lowest BCUT2D eigenvalue weighted by Gasteiger charge is -2.18. The highest BCUT2D eigenvalue weighted by molar-refractivity contribution is 7.20. The van der Waals surface area contributed by atoms with Gasteiger partial charge in [-0.05, 0) is 85.3 Å². The Morgan fingerprint density at radius 2 is 1.86 bits per heavy atom. The highest BCUT2D eigenvalue weighted by atomic mass is 32.1. The Balaban J connectivity index is 1.07. The quantitative estimate of drug-likeness (QED) is 0.223. The van der Waals surface area contributed by atoms with Gasteiger partial charge >= 0.3 is 0 Å². The van der Waals surface area contributed by atoms with E-state index in [1.807, 2.05) is 37.3 Å². The largest absolute Gasteiger partial charge is 0.493 e. The number of nitrogens with zero attached hydrogens (tertiary/aromatic N) is 1. The van der Waals surface area contributed by atoms with Gasteiger partial charge in [0, 0.05) is 41.3 Å². The zero-order chi connectivity index (χ0) is 29.1. The van der Waals surface area contributed by atoms with Crippen LogP contribution in [-0.2, 0) is 0 Å². The standard InChI is InChI=1S/C32H32FN3O5S/c1-20-3-6-24(34-31(37)22-5-8-27-28(15-22)41-14-13-40-27)17-26(20)35-32(38)30-16-21-4-7-25(18-29(21)42-30)39-12-2-10-36-11-9-23(33)19-36/h3-8,15-18,23H,2,9-14,19H2,1H3,(H,34,37)(H,35,38)/t23-/m0/s1. The number of rotatable bonds is 9. The fraction of sp³-hybridized carbons (Fsp3) is 0.312. The van der Waals surface area contributed by atoms with Crippen molar-refractivity contribution >= 4 is 44.6 Å². The summed E-state index contributed by atoms with van der Waals surface area (Å²) in [7, 11) is 0. The van der Waals surface area contributed by atoms with Crippen molar-refractivity contribution < 1.29 is 28.2 Å². The summed E-state index contributed by atoms with van der Waals surface area (Å²) in [5.41, 5.74) is 2.48. The van der Waals surface area contributed by atoms with Crippen LogP contribution in [0.2, 0.25) is 0 Å². The van der Waals surface area contributed by atoms with Crippen LogP contribution in [0.4, 0.5) is 15.8 Å². The third kappa shape index (κ3) is 6.50. The Morgan fingerprint density at radius 3 is 2.69 bits per heavy atom. The van der Waals surface area contributed by atoms with Crippen LogP contribution < -0.4 is 24.8 Å². The summed E-state index contributed by atoms with van der Waals surface area (Å²) in [5.74, 6) is 1.39. The smallest absolute Gasteiger partial charge is 0.265 e. The van der Waals surface area contributed by atoms with Gasteiger partial charge in [0.2, 0.25) is 0 Å². The molecule has 2 amide bonds. The van der Waals surface area contributed by atoms with Crippen molar-refractivity contribution in [3.05, 3.63) is 76.7 Å². The fourth-order valence-electron chi connectivity index (χ4n) is 5.09. The highest BCUT2D eigenvalue weighted by Crippen LogP contribution is 2.32. The summed E-state index contributed by atoms with van der Waals surface area (Å²) in [6.45, 7) is 5.54. The molecule has 1 saturated heterocycles. The minimum absolute atomic E-state index is 0.228. The third-order valence-corrected chi connectivity index (χ3v) is 8.46. The second-order valence-electron chi connectivity index (χ2n) is 10.5. The van der Waals surface area contributed by atoms with E-state index in [0.717, 1.165) is 40.9 Å². The number of ether oxygens (including phenoxy) is 3. The number of amides is 2. The van der Waals surface area contributed by atoms with Gasteiger partial charge in [0.1, 0.15) is 25.1 Å². The van der Waals surface area contributed by atoms with Crippen molar-refractivity contribution in [2.24, 2.45) is 0 Å². The first kappa shape index (κ1) is 28.0. The molecular weight excluding hydrogens is 557 g/mol. The number of likely N-dealkylation sites (tertiary alicyclic amines) is 1. The van der Waals surface area contributed by atoms with E-state index in [0.29, 0.717) is 66.1 Å². The molecule has 218 valence electrons. The monoisotopic (exact) mass is 589 g/mol. The molecule has 2 aliphatic heterocycles. The molecule has 0 saturated carbocycles. The zero-order valence-corrected chi connectivity index (χ0v) is 24.1. The average Bonchev–Trinajstić information content (AvgIpc) is 3.62. The molecule has 2 N–H and O–H groups in total. The van der Waals surface area contributed by atoms with Crippen LogP contribution in [0.15, 0.2) is 60.7 Å². The first-order valence-corrected chi connectivity index (χ1v) is 14.9. The average molecular weight is 590 g/mol. The van der Waals surface area contributed by atoms with Crippen molar-refractivity contribution in [2.75, 3.05) is 50.1 Å². The normalized spacial score (nSPS) is 16.4. The minimum atomic E-state index is -0.704. The zero-order valence-electron chi connectivity index (χ0n) is 23.3. The Bertz CT molecular complexity index is 1620. The van der Waals surface area contributed by atoms with Crippen LogP contribution in [-0.4, -0.2) is 62.3 Å². The SMILES string of the molecule is Cc1ccc(NC(=O)c2ccc3c(c2)OCCO3)cc1NC(=O)c1cc2ccc(OCCCN3CC[C@H](F)C3)cc2s1. The summed E-state index contributed by atoms with van der Waals surface area (Å²) >= 11 is 1.39. The van der Waals surface area contributed by atoms with Crippen LogP contribution in [0.1, 0.15) is 38.4 Å². The first-order valence-electron chi connectivity index (χ1n) is 14.1. The van der Waals surface area contributed by atoms with Crippen molar-refractivity contribution in [3.8, 4) is 17.2 Å². The van der Waals surface area contributed by atoms with Crippen LogP contribution in [0.25, 0.3) is 10.1 Å². The van der Waals surface area contributed by atoms with E-state index >= 15 is 0 Å². The number of halogens is 1. The van der Waals surface area contributed by atoms with Crippen LogP contribution in [0.3, 0.4) is 0 Å². The Hall–Kier alpha value is -4.15. The van der Waals surface area contributed by atoms with Crippen LogP contribution >= 0.6 is 11.3 Å². The Morgan fingerprint density at radius 1 is 1.00 bits per heavy atom. The molecule has 0 spiro atoms. The minimum Gasteiger partial charge on any atom is -0.493 e. The molecule has 3 aromatic carbocycles. The number of carbonyl (C=O) groups is 2. The maximum Gasteiger partial charge on any atom is 0.265 e. The molecular formula is C32H32FN3O5S. The number of thiophene rings is 1. The summed E-state index contributed by atoms with van der Waals surface area (Å²) in [4.78, 5) is 28.8. The van der Waals surface area contributed by atoms with E-state index in [1.165, 1.54) is 11.3 Å². The topological polar surface area (TPSA) is 89.1 Å². The van der Waals surface area contributed by atoms with E-state index < -0.39 is 6.17 Å². The number of nitrogens with one attached hydrogen (secondary N) is 2. The van der Waals surface area contributed by atoms with Crippen molar-refractivity contribution in [1.29, 1.82) is 0 Å². The summed E-state index contributed by atoms with van der Waals surface area (Å²) < 4.78 is 31.3. The lowest BCUT2D eigenvalue weighted by atomic mass is 10.1. The number of benzene rings is 3. The van der Waals surface area contributed by atoms with Crippen molar-refractivity contribution in [2.45, 2.75) is 25.9 Å². The molecule has 6 rings (SSSR count). The molecule has 1 fully saturated rings. The summed E-state index contributed by atoms with van der Waals surface area (Å²) in [6, 6.07) is 18.1. The molecule has 0 aliphatic carbocycles. The second kappa shape index (κ2) is 12.4. The number of alkyl halides is 1. The molecule has 10 heteroatoms. The number of fused-ring (bicyclic) bond motifs is 2. The van der Waals surface area contributed by atoms with Gasteiger partial charge in [0.15, 0.2) is 11.5 Å². The van der Waals surface area contributed by atoms with E-state index in [1.54, 1.807) is 30.3 Å². The fourth-order valence-corrected chi connectivity index (χ4v) is 6.07. The van der Waals surface area contributed by atoms with Gasteiger partial charge in [0.25, 0.3) is 11.8 Å². The molecule has 0 radical (unpaired) electrons. The van der Waals surface area contributed by atoms with Gasteiger partial charge < -0.3 is 29.7 Å². The summed E-state index contributed by atoms with van der Waals surface area (Å²) in [6.07, 6.45) is 0.748. The van der Waals surface area contributed by atoms with E-state index in [4.69, 9.17) is 14.2 Å². The lowest BCUT2D eigenvalue weighted by molar-refractivity contribution is 0.102. The number of carbonyl (C=O) groups excluding carboxylic acids is 2. The van der Waals surface area contributed by atoms with Gasteiger partial charge in [-0.25, -0.2) is 4.39 Å². The molecule has 2 aliphatic rings. The van der Waals surface area contributed by atoms with Crippen LogP contribution in [0.5, 0.6) is 17.2 Å². The maximum atomic E-state index is 13.3. The predicted molar refractivity (Wildman–Crippen MR) is 162 cm³/mol. The maximum absolute atomic E-state index is 13.3. The molecule has 0 bridgehead atoms. The molecule has 4 aromatic rings. The van der Waals surface area contributed by atoms with E-state index in [2.05, 4.69) is 15.5 Å². The highest BCUT2D eigenvalue weighted by Gasteiger charge is 2.21. The first-order chi connectivity index (χ1) is 20.4. The molecule has 3 heterocycles.